The maximum Gasteiger partial charge on any atom is 0.271 e. The molecule has 6 nitrogen and oxygen atoms in total. The first-order valence-electron chi connectivity index (χ1n) is 7.89. The van der Waals surface area contributed by atoms with Gasteiger partial charge in [-0.2, -0.15) is 5.26 Å². The number of benzene rings is 1. The first kappa shape index (κ1) is 18.4. The molecular formula is C19H20N2O4. The SMILES string of the molecule is COCCCn1c(O)c(C(=O)c2ccccc2C)c(C)c(C#N)c1=O. The van der Waals surface area contributed by atoms with Gasteiger partial charge in [-0.3, -0.25) is 14.2 Å². The number of pyridine rings is 1. The first-order chi connectivity index (χ1) is 11.9. The van der Waals surface area contributed by atoms with Gasteiger partial charge in [0.1, 0.15) is 11.6 Å². The van der Waals surface area contributed by atoms with E-state index >= 15 is 0 Å². The van der Waals surface area contributed by atoms with E-state index in [1.807, 2.05) is 12.1 Å². The van der Waals surface area contributed by atoms with Crippen molar-refractivity contribution in [1.29, 1.82) is 5.26 Å². The van der Waals surface area contributed by atoms with Crippen LogP contribution in [0.25, 0.3) is 0 Å². The van der Waals surface area contributed by atoms with Crippen LogP contribution in [0.15, 0.2) is 29.1 Å². The van der Waals surface area contributed by atoms with Gasteiger partial charge in [-0.05, 0) is 31.4 Å². The molecule has 0 aliphatic heterocycles. The van der Waals surface area contributed by atoms with Gasteiger partial charge < -0.3 is 9.84 Å². The van der Waals surface area contributed by atoms with Crippen molar-refractivity contribution in [1.82, 2.24) is 4.57 Å². The molecule has 0 fully saturated rings. The molecule has 0 aliphatic carbocycles. The third-order valence-corrected chi connectivity index (χ3v) is 4.15. The molecule has 0 unspecified atom stereocenters. The van der Waals surface area contributed by atoms with Gasteiger partial charge in [0, 0.05) is 25.8 Å². The summed E-state index contributed by atoms with van der Waals surface area (Å²) in [6.45, 7) is 3.84. The summed E-state index contributed by atoms with van der Waals surface area (Å²) >= 11 is 0. The topological polar surface area (TPSA) is 92.3 Å². The fourth-order valence-corrected chi connectivity index (χ4v) is 2.76. The quantitative estimate of drug-likeness (QED) is 0.643. The summed E-state index contributed by atoms with van der Waals surface area (Å²) in [5, 5.41) is 19.9. The van der Waals surface area contributed by atoms with Crippen molar-refractivity contribution in [2.75, 3.05) is 13.7 Å². The number of aromatic nitrogens is 1. The molecule has 1 aromatic heterocycles. The molecule has 0 saturated carbocycles. The van der Waals surface area contributed by atoms with Crippen molar-refractivity contribution in [3.63, 3.8) is 0 Å². The van der Waals surface area contributed by atoms with Crippen molar-refractivity contribution in [3.8, 4) is 11.9 Å². The lowest BCUT2D eigenvalue weighted by molar-refractivity contribution is 0.103. The minimum Gasteiger partial charge on any atom is -0.494 e. The van der Waals surface area contributed by atoms with Crippen LogP contribution in [0, 0.1) is 25.2 Å². The summed E-state index contributed by atoms with van der Waals surface area (Å²) in [4.78, 5) is 25.4. The van der Waals surface area contributed by atoms with E-state index in [0.717, 1.165) is 10.1 Å². The fourth-order valence-electron chi connectivity index (χ4n) is 2.76. The molecule has 25 heavy (non-hydrogen) atoms. The molecule has 0 bridgehead atoms. The highest BCUT2D eigenvalue weighted by Gasteiger charge is 2.25. The van der Waals surface area contributed by atoms with E-state index in [1.165, 1.54) is 14.0 Å². The van der Waals surface area contributed by atoms with Crippen molar-refractivity contribution in [2.45, 2.75) is 26.8 Å². The summed E-state index contributed by atoms with van der Waals surface area (Å²) in [5.41, 5.74) is 0.625. The van der Waals surface area contributed by atoms with E-state index in [0.29, 0.717) is 18.6 Å². The van der Waals surface area contributed by atoms with E-state index in [4.69, 9.17) is 4.74 Å². The Morgan fingerprint density at radius 2 is 2.00 bits per heavy atom. The predicted molar refractivity (Wildman–Crippen MR) is 92.9 cm³/mol. The Kier molecular flexibility index (Phi) is 5.73. The van der Waals surface area contributed by atoms with Crippen molar-refractivity contribution in [2.24, 2.45) is 0 Å². The summed E-state index contributed by atoms with van der Waals surface area (Å²) in [7, 11) is 1.53. The first-order valence-corrected chi connectivity index (χ1v) is 7.89. The van der Waals surface area contributed by atoms with Crippen LogP contribution in [-0.2, 0) is 11.3 Å². The van der Waals surface area contributed by atoms with Crippen LogP contribution in [0.4, 0.5) is 0 Å². The van der Waals surface area contributed by atoms with Crippen LogP contribution in [-0.4, -0.2) is 29.2 Å². The van der Waals surface area contributed by atoms with E-state index in [1.54, 1.807) is 25.1 Å². The average molecular weight is 340 g/mol. The second kappa shape index (κ2) is 7.77. The van der Waals surface area contributed by atoms with E-state index < -0.39 is 17.2 Å². The molecule has 0 spiro atoms. The van der Waals surface area contributed by atoms with Crippen LogP contribution < -0.4 is 5.56 Å². The number of nitriles is 1. The fraction of sp³-hybridized carbons (Fsp3) is 0.316. The molecular weight excluding hydrogens is 320 g/mol. The van der Waals surface area contributed by atoms with Crippen molar-refractivity contribution < 1.29 is 14.6 Å². The maximum absolute atomic E-state index is 13.0. The van der Waals surface area contributed by atoms with Crippen LogP contribution in [0.3, 0.4) is 0 Å². The molecule has 2 rings (SSSR count). The number of carbonyl (C=O) groups is 1. The lowest BCUT2D eigenvalue weighted by Crippen LogP contribution is -2.27. The number of carbonyl (C=O) groups excluding carboxylic acids is 1. The van der Waals surface area contributed by atoms with Gasteiger partial charge in [-0.1, -0.05) is 24.3 Å². The zero-order chi connectivity index (χ0) is 18.6. The molecule has 2 aromatic rings. The number of aryl methyl sites for hydroxylation is 1. The Labute approximate surface area is 145 Å². The van der Waals surface area contributed by atoms with Gasteiger partial charge in [-0.25, -0.2) is 0 Å². The third-order valence-electron chi connectivity index (χ3n) is 4.15. The molecule has 0 radical (unpaired) electrons. The number of aromatic hydroxyl groups is 1. The molecule has 1 aromatic carbocycles. The van der Waals surface area contributed by atoms with Crippen LogP contribution in [0.1, 0.15) is 39.0 Å². The molecule has 130 valence electrons. The van der Waals surface area contributed by atoms with Crippen LogP contribution >= 0.6 is 0 Å². The van der Waals surface area contributed by atoms with Crippen LogP contribution in [0.5, 0.6) is 5.88 Å². The Bertz CT molecular complexity index is 907. The summed E-state index contributed by atoms with van der Waals surface area (Å²) in [5.74, 6) is -0.823. The van der Waals surface area contributed by atoms with Gasteiger partial charge in [0.25, 0.3) is 5.56 Å². The number of hydrogen-bond acceptors (Lipinski definition) is 5. The minimum absolute atomic E-state index is 0.0112. The van der Waals surface area contributed by atoms with Crippen molar-refractivity contribution in [3.05, 3.63) is 62.4 Å². The number of ketones is 1. The van der Waals surface area contributed by atoms with Gasteiger partial charge in [0.15, 0.2) is 5.78 Å². The van der Waals surface area contributed by atoms with E-state index in [-0.39, 0.29) is 23.2 Å². The molecule has 0 saturated heterocycles. The summed E-state index contributed by atoms with van der Waals surface area (Å²) in [6, 6.07) is 8.84. The Hall–Kier alpha value is -2.91. The monoisotopic (exact) mass is 340 g/mol. The zero-order valence-electron chi connectivity index (χ0n) is 14.5. The average Bonchev–Trinajstić information content (AvgIpc) is 2.58. The molecule has 0 atom stereocenters. The van der Waals surface area contributed by atoms with Crippen LogP contribution in [0.2, 0.25) is 0 Å². The predicted octanol–water partition coefficient (Wildman–Crippen LogP) is 2.31. The van der Waals surface area contributed by atoms with Gasteiger partial charge in [0.05, 0.1) is 5.56 Å². The van der Waals surface area contributed by atoms with Gasteiger partial charge >= 0.3 is 0 Å². The minimum atomic E-state index is -0.602. The third kappa shape index (κ3) is 3.47. The van der Waals surface area contributed by atoms with Gasteiger partial charge in [0.2, 0.25) is 5.88 Å². The number of nitrogens with zero attached hydrogens (tertiary/aromatic N) is 2. The maximum atomic E-state index is 13.0. The zero-order valence-corrected chi connectivity index (χ0v) is 14.5. The highest BCUT2D eigenvalue weighted by atomic mass is 16.5. The Morgan fingerprint density at radius 3 is 2.60 bits per heavy atom. The second-order valence-corrected chi connectivity index (χ2v) is 5.76. The highest BCUT2D eigenvalue weighted by Crippen LogP contribution is 2.26. The van der Waals surface area contributed by atoms with E-state index in [2.05, 4.69) is 0 Å². The second-order valence-electron chi connectivity index (χ2n) is 5.76. The van der Waals surface area contributed by atoms with Gasteiger partial charge in [-0.15, -0.1) is 0 Å². The Morgan fingerprint density at radius 1 is 1.32 bits per heavy atom. The largest absolute Gasteiger partial charge is 0.494 e. The molecule has 0 aliphatic rings. The standard InChI is InChI=1S/C19H20N2O4/c1-12-7-4-5-8-14(12)17(22)16-13(2)15(11-20)18(23)21(19(16)24)9-6-10-25-3/h4-5,7-8,24H,6,9-10H2,1-3H3. The summed E-state index contributed by atoms with van der Waals surface area (Å²) in [6.07, 6.45) is 0.468. The molecule has 1 N–H and O–H groups in total. The molecule has 1 heterocycles. The number of ether oxygens (including phenoxy) is 1. The van der Waals surface area contributed by atoms with E-state index in [9.17, 15) is 20.0 Å². The Balaban J connectivity index is 2.67. The van der Waals surface area contributed by atoms with Crippen molar-refractivity contribution >= 4 is 5.78 Å². The smallest absolute Gasteiger partial charge is 0.271 e. The normalized spacial score (nSPS) is 10.5. The highest BCUT2D eigenvalue weighted by molar-refractivity contribution is 6.12. The number of hydrogen-bond donors (Lipinski definition) is 1. The molecule has 6 heteroatoms. The number of rotatable bonds is 6. The number of methoxy groups -OCH3 is 1. The summed E-state index contributed by atoms with van der Waals surface area (Å²) < 4.78 is 6.02. The molecule has 0 amide bonds. The lowest BCUT2D eigenvalue weighted by atomic mass is 9.95. The lowest BCUT2D eigenvalue weighted by Gasteiger charge is -2.16.